The van der Waals surface area contributed by atoms with Crippen molar-refractivity contribution in [3.05, 3.63) is 60.2 Å². The van der Waals surface area contributed by atoms with E-state index in [4.69, 9.17) is 16.3 Å². The summed E-state index contributed by atoms with van der Waals surface area (Å²) < 4.78 is 0. The second-order valence-corrected chi connectivity index (χ2v) is 5.96. The molecule has 8 nitrogen and oxygen atoms in total. The standard InChI is InChI=1S/C17H17N5O3/c18-14(23)17(15(19)24)16(11-22-25-17,9-12-1-5-20-6-2-12)10-13-3-7-21-8-4-13/h1-8,11H,9-10H2,(H2,18,23)(H2,19,24). The Bertz CT molecular complexity index is 752. The number of nitrogens with zero attached hydrogens (tertiary/aromatic N) is 3. The first-order chi connectivity index (χ1) is 12.0. The molecule has 0 aromatic carbocycles. The minimum Gasteiger partial charge on any atom is -0.368 e. The zero-order valence-corrected chi connectivity index (χ0v) is 13.3. The lowest BCUT2D eigenvalue weighted by Crippen LogP contribution is -2.65. The number of carbonyl (C=O) groups is 2. The van der Waals surface area contributed by atoms with Crippen molar-refractivity contribution in [2.45, 2.75) is 18.4 Å². The van der Waals surface area contributed by atoms with Crippen LogP contribution in [-0.2, 0) is 27.3 Å². The molecule has 2 aromatic heterocycles. The first-order valence-electron chi connectivity index (χ1n) is 7.60. The van der Waals surface area contributed by atoms with Gasteiger partial charge in [0.25, 0.3) is 11.8 Å². The third-order valence-electron chi connectivity index (χ3n) is 4.42. The molecule has 0 spiro atoms. The SMILES string of the molecule is NC(=O)C1(C(N)=O)ON=CC1(Cc1ccncc1)Cc1ccncc1. The summed E-state index contributed by atoms with van der Waals surface area (Å²) >= 11 is 0. The minimum atomic E-state index is -2.07. The highest BCUT2D eigenvalue weighted by molar-refractivity contribution is 6.12. The van der Waals surface area contributed by atoms with Crippen LogP contribution in [0.4, 0.5) is 0 Å². The summed E-state index contributed by atoms with van der Waals surface area (Å²) in [5.74, 6) is -1.94. The fourth-order valence-electron chi connectivity index (χ4n) is 3.22. The maximum absolute atomic E-state index is 12.3. The van der Waals surface area contributed by atoms with Gasteiger partial charge in [-0.3, -0.25) is 19.6 Å². The Balaban J connectivity index is 2.12. The van der Waals surface area contributed by atoms with Crippen LogP contribution in [0.15, 0.2) is 54.2 Å². The molecule has 1 aliphatic rings. The molecule has 8 heteroatoms. The summed E-state index contributed by atoms with van der Waals surface area (Å²) in [6, 6.07) is 7.14. The average Bonchev–Trinajstić information content (AvgIpc) is 2.96. The predicted molar refractivity (Wildman–Crippen MR) is 89.0 cm³/mol. The van der Waals surface area contributed by atoms with E-state index < -0.39 is 22.8 Å². The highest BCUT2D eigenvalue weighted by Gasteiger charge is 2.65. The molecule has 4 N–H and O–H groups in total. The third-order valence-corrected chi connectivity index (χ3v) is 4.42. The van der Waals surface area contributed by atoms with E-state index in [1.54, 1.807) is 49.1 Å². The van der Waals surface area contributed by atoms with Crippen LogP contribution in [0.2, 0.25) is 0 Å². The number of primary amides is 2. The van der Waals surface area contributed by atoms with Gasteiger partial charge < -0.3 is 16.3 Å². The maximum Gasteiger partial charge on any atom is 0.302 e. The van der Waals surface area contributed by atoms with E-state index in [-0.39, 0.29) is 12.8 Å². The topological polar surface area (TPSA) is 134 Å². The van der Waals surface area contributed by atoms with E-state index in [1.165, 1.54) is 6.21 Å². The van der Waals surface area contributed by atoms with Crippen molar-refractivity contribution in [1.29, 1.82) is 0 Å². The lowest BCUT2D eigenvalue weighted by molar-refractivity contribution is -0.164. The van der Waals surface area contributed by atoms with Crippen molar-refractivity contribution in [2.24, 2.45) is 22.0 Å². The fourth-order valence-corrected chi connectivity index (χ4v) is 3.22. The van der Waals surface area contributed by atoms with E-state index in [2.05, 4.69) is 15.1 Å². The van der Waals surface area contributed by atoms with Crippen molar-refractivity contribution in [2.75, 3.05) is 0 Å². The molecular weight excluding hydrogens is 322 g/mol. The van der Waals surface area contributed by atoms with E-state index in [0.717, 1.165) is 11.1 Å². The summed E-state index contributed by atoms with van der Waals surface area (Å²) in [6.45, 7) is 0. The number of aromatic nitrogens is 2. The molecule has 0 saturated heterocycles. The molecule has 1 aliphatic heterocycles. The van der Waals surface area contributed by atoms with Crippen LogP contribution in [0.3, 0.4) is 0 Å². The number of rotatable bonds is 6. The normalized spacial score (nSPS) is 17.0. The maximum atomic E-state index is 12.3. The highest BCUT2D eigenvalue weighted by Crippen LogP contribution is 2.43. The zero-order valence-electron chi connectivity index (χ0n) is 13.3. The van der Waals surface area contributed by atoms with Gasteiger partial charge in [0, 0.05) is 24.8 Å². The summed E-state index contributed by atoms with van der Waals surface area (Å²) in [5.41, 5.74) is 9.55. The van der Waals surface area contributed by atoms with Gasteiger partial charge in [0.1, 0.15) is 0 Å². The van der Waals surface area contributed by atoms with Crippen LogP contribution in [0.25, 0.3) is 0 Å². The summed E-state index contributed by atoms with van der Waals surface area (Å²) in [6.07, 6.45) is 8.48. The molecule has 0 fully saturated rings. The predicted octanol–water partition coefficient (Wildman–Crippen LogP) is -0.0264. The fraction of sp³-hybridized carbons (Fsp3) is 0.235. The summed E-state index contributed by atoms with van der Waals surface area (Å²) in [7, 11) is 0. The number of amides is 2. The molecule has 0 aliphatic carbocycles. The minimum absolute atomic E-state index is 0.271. The van der Waals surface area contributed by atoms with Gasteiger partial charge >= 0.3 is 5.60 Å². The van der Waals surface area contributed by atoms with E-state index in [1.807, 2.05) is 0 Å². The second-order valence-electron chi connectivity index (χ2n) is 5.96. The van der Waals surface area contributed by atoms with Crippen molar-refractivity contribution >= 4 is 18.0 Å². The van der Waals surface area contributed by atoms with Gasteiger partial charge in [-0.05, 0) is 48.2 Å². The molecule has 2 aromatic rings. The number of carbonyl (C=O) groups excluding carboxylic acids is 2. The van der Waals surface area contributed by atoms with Crippen LogP contribution in [0.5, 0.6) is 0 Å². The van der Waals surface area contributed by atoms with Crippen LogP contribution in [-0.4, -0.2) is 33.6 Å². The molecule has 3 heterocycles. The number of nitrogens with two attached hydrogens (primary N) is 2. The molecule has 25 heavy (non-hydrogen) atoms. The largest absolute Gasteiger partial charge is 0.368 e. The monoisotopic (exact) mass is 339 g/mol. The molecule has 3 rings (SSSR count). The van der Waals surface area contributed by atoms with Gasteiger partial charge in [-0.1, -0.05) is 5.16 Å². The van der Waals surface area contributed by atoms with Crippen LogP contribution in [0.1, 0.15) is 11.1 Å². The van der Waals surface area contributed by atoms with Crippen molar-refractivity contribution in [3.8, 4) is 0 Å². The van der Waals surface area contributed by atoms with Gasteiger partial charge in [0.05, 0.1) is 11.6 Å². The second kappa shape index (κ2) is 6.31. The van der Waals surface area contributed by atoms with Crippen molar-refractivity contribution < 1.29 is 14.4 Å². The van der Waals surface area contributed by atoms with E-state index >= 15 is 0 Å². The molecular formula is C17H17N5O3. The smallest absolute Gasteiger partial charge is 0.302 e. The Morgan fingerprint density at radius 2 is 1.32 bits per heavy atom. The van der Waals surface area contributed by atoms with Crippen LogP contribution in [0, 0.1) is 5.41 Å². The van der Waals surface area contributed by atoms with E-state index in [9.17, 15) is 9.59 Å². The Morgan fingerprint density at radius 1 is 0.880 bits per heavy atom. The number of oxime groups is 1. The molecule has 0 atom stereocenters. The number of hydrogen-bond acceptors (Lipinski definition) is 6. The Hall–Kier alpha value is -3.29. The quantitative estimate of drug-likeness (QED) is 0.713. The molecule has 0 saturated carbocycles. The van der Waals surface area contributed by atoms with E-state index in [0.29, 0.717) is 0 Å². The molecule has 128 valence electrons. The Morgan fingerprint density at radius 3 is 1.72 bits per heavy atom. The summed E-state index contributed by atoms with van der Waals surface area (Å²) in [5, 5.41) is 3.77. The van der Waals surface area contributed by atoms with Crippen LogP contribution >= 0.6 is 0 Å². The Kier molecular flexibility index (Phi) is 4.18. The molecule has 2 amide bonds. The first-order valence-corrected chi connectivity index (χ1v) is 7.60. The average molecular weight is 339 g/mol. The van der Waals surface area contributed by atoms with Gasteiger partial charge in [-0.2, -0.15) is 0 Å². The van der Waals surface area contributed by atoms with Crippen molar-refractivity contribution in [3.63, 3.8) is 0 Å². The third kappa shape index (κ3) is 2.71. The van der Waals surface area contributed by atoms with Gasteiger partial charge in [0.2, 0.25) is 0 Å². The molecule has 0 bridgehead atoms. The first kappa shape index (κ1) is 16.6. The lowest BCUT2D eigenvalue weighted by Gasteiger charge is -2.37. The van der Waals surface area contributed by atoms with Gasteiger partial charge in [-0.25, -0.2) is 0 Å². The number of hydrogen-bond donors (Lipinski definition) is 2. The van der Waals surface area contributed by atoms with Crippen LogP contribution < -0.4 is 11.5 Å². The lowest BCUT2D eigenvalue weighted by atomic mass is 9.65. The highest BCUT2D eigenvalue weighted by atomic mass is 16.7. The van der Waals surface area contributed by atoms with Crippen molar-refractivity contribution in [1.82, 2.24) is 9.97 Å². The zero-order chi connectivity index (χ0) is 17.9. The number of pyridine rings is 2. The van der Waals surface area contributed by atoms with Gasteiger partial charge in [0.15, 0.2) is 0 Å². The summed E-state index contributed by atoms with van der Waals surface area (Å²) in [4.78, 5) is 37.7. The molecule has 0 radical (unpaired) electrons. The Labute approximate surface area is 143 Å². The molecule has 0 unspecified atom stereocenters. The van der Waals surface area contributed by atoms with Gasteiger partial charge in [-0.15, -0.1) is 0 Å².